The van der Waals surface area contributed by atoms with E-state index in [2.05, 4.69) is 17.2 Å². The normalized spacial score (nSPS) is 10.5. The standard InChI is InChI=1S/C14H14F3NO2/c1-14(2,3)20-13(19)18-6-4-5-9-7-10(15)8-11(16)12(9)17/h7-8H,6H2,1-3H3,(H,18,19). The number of hydrogen-bond acceptors (Lipinski definition) is 2. The second-order valence-corrected chi connectivity index (χ2v) is 4.91. The van der Waals surface area contributed by atoms with Gasteiger partial charge in [0, 0.05) is 6.07 Å². The van der Waals surface area contributed by atoms with E-state index in [4.69, 9.17) is 4.74 Å². The Labute approximate surface area is 115 Å². The first kappa shape index (κ1) is 15.9. The van der Waals surface area contributed by atoms with E-state index >= 15 is 0 Å². The SMILES string of the molecule is CC(C)(C)OC(=O)NCC#Cc1cc(F)cc(F)c1F. The number of benzene rings is 1. The highest BCUT2D eigenvalue weighted by Gasteiger charge is 2.15. The van der Waals surface area contributed by atoms with Crippen molar-refractivity contribution in [3.8, 4) is 11.8 Å². The Morgan fingerprint density at radius 2 is 1.95 bits per heavy atom. The largest absolute Gasteiger partial charge is 0.444 e. The minimum Gasteiger partial charge on any atom is -0.444 e. The minimum atomic E-state index is -1.31. The Balaban J connectivity index is 2.62. The predicted octanol–water partition coefficient (Wildman–Crippen LogP) is 2.98. The molecule has 0 aliphatic rings. The van der Waals surface area contributed by atoms with E-state index < -0.39 is 34.7 Å². The number of alkyl carbamates (subject to hydrolysis) is 1. The van der Waals surface area contributed by atoms with Crippen LogP contribution in [0.1, 0.15) is 26.3 Å². The quantitative estimate of drug-likeness (QED) is 0.636. The molecule has 1 rings (SSSR count). The molecule has 108 valence electrons. The van der Waals surface area contributed by atoms with Gasteiger partial charge in [-0.3, -0.25) is 0 Å². The molecule has 0 atom stereocenters. The summed E-state index contributed by atoms with van der Waals surface area (Å²) >= 11 is 0. The van der Waals surface area contributed by atoms with Gasteiger partial charge in [0.25, 0.3) is 0 Å². The average molecular weight is 285 g/mol. The van der Waals surface area contributed by atoms with Crippen molar-refractivity contribution >= 4 is 6.09 Å². The summed E-state index contributed by atoms with van der Waals surface area (Å²) in [6, 6.07) is 1.21. The van der Waals surface area contributed by atoms with E-state index in [-0.39, 0.29) is 6.54 Å². The van der Waals surface area contributed by atoms with Gasteiger partial charge in [-0.1, -0.05) is 11.8 Å². The first-order valence-electron chi connectivity index (χ1n) is 5.79. The fraction of sp³-hybridized carbons (Fsp3) is 0.357. The molecule has 0 saturated carbocycles. The zero-order valence-corrected chi connectivity index (χ0v) is 11.3. The zero-order chi connectivity index (χ0) is 15.3. The Bertz CT molecular complexity index is 568. The molecule has 0 unspecified atom stereocenters. The molecule has 0 fully saturated rings. The van der Waals surface area contributed by atoms with Crippen LogP contribution in [0.25, 0.3) is 0 Å². The van der Waals surface area contributed by atoms with Crippen LogP contribution in [0.2, 0.25) is 0 Å². The van der Waals surface area contributed by atoms with Gasteiger partial charge < -0.3 is 10.1 Å². The Morgan fingerprint density at radius 1 is 1.30 bits per heavy atom. The highest BCUT2D eigenvalue weighted by Crippen LogP contribution is 2.12. The summed E-state index contributed by atoms with van der Waals surface area (Å²) < 4.78 is 43.9. The highest BCUT2D eigenvalue weighted by molar-refractivity contribution is 5.68. The summed E-state index contributed by atoms with van der Waals surface area (Å²) in [6.07, 6.45) is -0.683. The van der Waals surface area contributed by atoms with Crippen molar-refractivity contribution in [3.05, 3.63) is 35.1 Å². The summed E-state index contributed by atoms with van der Waals surface area (Å²) in [5.74, 6) is 1.16. The van der Waals surface area contributed by atoms with Crippen molar-refractivity contribution in [3.63, 3.8) is 0 Å². The van der Waals surface area contributed by atoms with Gasteiger partial charge in [0.05, 0.1) is 12.1 Å². The second-order valence-electron chi connectivity index (χ2n) is 4.91. The maximum absolute atomic E-state index is 13.2. The first-order chi connectivity index (χ1) is 9.19. The van der Waals surface area contributed by atoms with Gasteiger partial charge in [-0.05, 0) is 26.8 Å². The fourth-order valence-electron chi connectivity index (χ4n) is 1.22. The topological polar surface area (TPSA) is 38.3 Å². The van der Waals surface area contributed by atoms with E-state index in [9.17, 15) is 18.0 Å². The third-order valence-corrected chi connectivity index (χ3v) is 1.94. The minimum absolute atomic E-state index is 0.132. The maximum Gasteiger partial charge on any atom is 0.408 e. The molecule has 0 aromatic heterocycles. The lowest BCUT2D eigenvalue weighted by Crippen LogP contribution is -2.32. The summed E-state index contributed by atoms with van der Waals surface area (Å²) in [5, 5.41) is 2.31. The maximum atomic E-state index is 13.2. The molecule has 1 amide bonds. The number of halogens is 3. The van der Waals surface area contributed by atoms with Crippen molar-refractivity contribution in [2.45, 2.75) is 26.4 Å². The fourth-order valence-corrected chi connectivity index (χ4v) is 1.22. The van der Waals surface area contributed by atoms with Crippen molar-refractivity contribution in [1.82, 2.24) is 5.32 Å². The molecule has 6 heteroatoms. The molecule has 1 aromatic rings. The lowest BCUT2D eigenvalue weighted by atomic mass is 10.2. The van der Waals surface area contributed by atoms with Crippen molar-refractivity contribution in [2.24, 2.45) is 0 Å². The van der Waals surface area contributed by atoms with Gasteiger partial charge in [-0.15, -0.1) is 0 Å². The average Bonchev–Trinajstić information content (AvgIpc) is 2.28. The molecule has 0 bridgehead atoms. The highest BCUT2D eigenvalue weighted by atomic mass is 19.2. The summed E-state index contributed by atoms with van der Waals surface area (Å²) in [4.78, 5) is 11.2. The van der Waals surface area contributed by atoms with Crippen molar-refractivity contribution < 1.29 is 22.7 Å². The smallest absolute Gasteiger partial charge is 0.408 e. The molecule has 0 aliphatic heterocycles. The number of nitrogens with one attached hydrogen (secondary N) is 1. The molecule has 0 saturated heterocycles. The van der Waals surface area contributed by atoms with E-state index in [1.165, 1.54) is 0 Å². The molecule has 0 spiro atoms. The molecule has 20 heavy (non-hydrogen) atoms. The summed E-state index contributed by atoms with van der Waals surface area (Å²) in [5.41, 5.74) is -1.05. The van der Waals surface area contributed by atoms with Gasteiger partial charge in [-0.2, -0.15) is 0 Å². The van der Waals surface area contributed by atoms with E-state index in [1.54, 1.807) is 20.8 Å². The van der Waals surface area contributed by atoms with Gasteiger partial charge in [0.1, 0.15) is 11.4 Å². The number of hydrogen-bond donors (Lipinski definition) is 1. The van der Waals surface area contributed by atoms with Gasteiger partial charge in [-0.25, -0.2) is 18.0 Å². The number of ether oxygens (including phenoxy) is 1. The summed E-state index contributed by atoms with van der Waals surface area (Å²) in [6.45, 7) is 4.96. The van der Waals surface area contributed by atoms with Crippen molar-refractivity contribution in [2.75, 3.05) is 6.54 Å². The third kappa shape index (κ3) is 5.22. The van der Waals surface area contributed by atoms with Crippen LogP contribution in [0.3, 0.4) is 0 Å². The number of carbonyl (C=O) groups is 1. The van der Waals surface area contributed by atoms with Crippen LogP contribution in [0, 0.1) is 29.3 Å². The van der Waals surface area contributed by atoms with Crippen LogP contribution < -0.4 is 5.32 Å². The molecule has 1 aromatic carbocycles. The van der Waals surface area contributed by atoms with Gasteiger partial charge in [0.2, 0.25) is 0 Å². The Hall–Kier alpha value is -2.16. The third-order valence-electron chi connectivity index (χ3n) is 1.94. The molecule has 3 nitrogen and oxygen atoms in total. The lowest BCUT2D eigenvalue weighted by Gasteiger charge is -2.18. The van der Waals surface area contributed by atoms with Crippen molar-refractivity contribution in [1.29, 1.82) is 0 Å². The van der Waals surface area contributed by atoms with Gasteiger partial charge >= 0.3 is 6.09 Å². The van der Waals surface area contributed by atoms with Crippen LogP contribution >= 0.6 is 0 Å². The monoisotopic (exact) mass is 285 g/mol. The molecular formula is C14H14F3NO2. The summed E-state index contributed by atoms with van der Waals surface area (Å²) in [7, 11) is 0. The Morgan fingerprint density at radius 3 is 2.55 bits per heavy atom. The predicted molar refractivity (Wildman–Crippen MR) is 67.4 cm³/mol. The molecule has 0 radical (unpaired) electrons. The molecule has 0 heterocycles. The van der Waals surface area contributed by atoms with Crippen LogP contribution in [0.4, 0.5) is 18.0 Å². The number of carbonyl (C=O) groups excluding carboxylic acids is 1. The van der Waals surface area contributed by atoms with Gasteiger partial charge in [0.15, 0.2) is 11.6 Å². The molecule has 0 aliphatic carbocycles. The van der Waals surface area contributed by atoms with Crippen LogP contribution in [-0.4, -0.2) is 18.2 Å². The van der Waals surface area contributed by atoms with E-state index in [0.717, 1.165) is 6.07 Å². The molecule has 1 N–H and O–H groups in total. The second kappa shape index (κ2) is 6.33. The van der Waals surface area contributed by atoms with Crippen LogP contribution in [0.5, 0.6) is 0 Å². The van der Waals surface area contributed by atoms with Crippen LogP contribution in [0.15, 0.2) is 12.1 Å². The van der Waals surface area contributed by atoms with Crippen LogP contribution in [-0.2, 0) is 4.74 Å². The van der Waals surface area contributed by atoms with E-state index in [0.29, 0.717) is 6.07 Å². The number of amides is 1. The first-order valence-corrected chi connectivity index (χ1v) is 5.79. The molecular weight excluding hydrogens is 271 g/mol. The Kier molecular flexibility index (Phi) is 5.03. The lowest BCUT2D eigenvalue weighted by molar-refractivity contribution is 0.0535. The number of rotatable bonds is 1. The zero-order valence-electron chi connectivity index (χ0n) is 11.3. The van der Waals surface area contributed by atoms with E-state index in [1.807, 2.05) is 0 Å².